The number of likely N-dealkylation sites (N-methyl/N-ethyl adjacent to an activating group) is 1. The standard InChI is InChI=1S/C45H58F2N10O6/c1-45(2,62)18-19-48-35-17-22-56-41(51-35)33(24-49-56)43(60)50-34-26-57(53-38(34)40(46)47)29-11-9-27(10-12-29)25-55-20-15-30(16-21-55)63-23-5-7-28-6-4-8-31-37(44(61)54(3)39(28)31)32-13-14-36(58)52-42(32)59/h4,6,8,17,22,24,26-27,29-30,32,37,40,62H,5,7,9-16,18-21,23,25H2,1-3H3,(H,48,51)(H,50,60)(H,52,58,59)/t27-,29-,32?,37?. The predicted molar refractivity (Wildman–Crippen MR) is 231 cm³/mol. The highest BCUT2D eigenvalue weighted by molar-refractivity contribution is 6.10. The Morgan fingerprint density at radius 3 is 2.57 bits per heavy atom. The fraction of sp³-hybridized carbons (Fsp3) is 0.578. The molecule has 4 aromatic rings. The number of rotatable bonds is 16. The molecule has 3 fully saturated rings. The number of nitrogens with one attached hydrogen (secondary N) is 3. The van der Waals surface area contributed by atoms with Crippen LogP contribution in [0.1, 0.15) is 124 Å². The summed E-state index contributed by atoms with van der Waals surface area (Å²) in [7, 11) is 1.76. The number of nitrogens with zero attached hydrogens (tertiary/aromatic N) is 7. The van der Waals surface area contributed by atoms with Gasteiger partial charge < -0.3 is 30.3 Å². The molecular weight excluding hydrogens is 815 g/mol. The lowest BCUT2D eigenvalue weighted by molar-refractivity contribution is -0.139. The second-order valence-electron chi connectivity index (χ2n) is 18.2. The predicted octanol–water partition coefficient (Wildman–Crippen LogP) is 5.65. The molecule has 0 bridgehead atoms. The van der Waals surface area contributed by atoms with Crippen LogP contribution in [0.5, 0.6) is 0 Å². The van der Waals surface area contributed by atoms with E-state index in [0.29, 0.717) is 37.7 Å². The minimum atomic E-state index is -2.88. The molecule has 1 saturated carbocycles. The molecule has 4 amide bonds. The second-order valence-corrected chi connectivity index (χ2v) is 18.2. The van der Waals surface area contributed by atoms with E-state index in [1.807, 2.05) is 18.2 Å². The van der Waals surface area contributed by atoms with Crippen molar-refractivity contribution in [3.05, 3.63) is 65.2 Å². The van der Waals surface area contributed by atoms with E-state index in [1.165, 1.54) is 16.9 Å². The maximum atomic E-state index is 14.2. The van der Waals surface area contributed by atoms with Crippen molar-refractivity contribution >= 4 is 46.5 Å². The molecule has 3 aliphatic heterocycles. The number of carbonyl (C=O) groups excluding carboxylic acids is 4. The molecule has 4 aliphatic rings. The van der Waals surface area contributed by atoms with Crippen LogP contribution in [-0.2, 0) is 25.5 Å². The summed E-state index contributed by atoms with van der Waals surface area (Å²) >= 11 is 0. The average Bonchev–Trinajstić information content (AvgIpc) is 3.94. The van der Waals surface area contributed by atoms with Gasteiger partial charge in [-0.1, -0.05) is 18.2 Å². The van der Waals surface area contributed by atoms with Crippen molar-refractivity contribution in [2.45, 2.75) is 115 Å². The van der Waals surface area contributed by atoms with Gasteiger partial charge in [-0.2, -0.15) is 10.2 Å². The molecule has 2 atom stereocenters. The van der Waals surface area contributed by atoms with Gasteiger partial charge in [-0.25, -0.2) is 18.3 Å². The quantitative estimate of drug-likeness (QED) is 0.0806. The van der Waals surface area contributed by atoms with Crippen molar-refractivity contribution in [1.29, 1.82) is 0 Å². The Hall–Kier alpha value is -5.33. The van der Waals surface area contributed by atoms with Gasteiger partial charge in [0.05, 0.1) is 47.2 Å². The van der Waals surface area contributed by atoms with Gasteiger partial charge in [-0.05, 0) is 101 Å². The molecule has 338 valence electrons. The lowest BCUT2D eigenvalue weighted by Gasteiger charge is -2.36. The van der Waals surface area contributed by atoms with Crippen molar-refractivity contribution < 1.29 is 37.8 Å². The summed E-state index contributed by atoms with van der Waals surface area (Å²) in [5.41, 5.74) is 1.83. The fourth-order valence-electron chi connectivity index (χ4n) is 9.73. The number of amides is 4. The molecule has 0 spiro atoms. The van der Waals surface area contributed by atoms with E-state index in [2.05, 4.69) is 36.0 Å². The monoisotopic (exact) mass is 872 g/mol. The number of anilines is 3. The Bertz CT molecular complexity index is 2310. The topological polar surface area (TPSA) is 188 Å². The number of hydrogen-bond acceptors (Lipinski definition) is 11. The van der Waals surface area contributed by atoms with Gasteiger partial charge in [0, 0.05) is 58.6 Å². The van der Waals surface area contributed by atoms with Crippen LogP contribution in [0.25, 0.3) is 5.65 Å². The zero-order valence-corrected chi connectivity index (χ0v) is 36.2. The number of imide groups is 1. The highest BCUT2D eigenvalue weighted by Crippen LogP contribution is 2.45. The first-order valence-corrected chi connectivity index (χ1v) is 22.3. The van der Waals surface area contributed by atoms with Crippen LogP contribution in [-0.4, -0.2) is 110 Å². The molecule has 2 unspecified atom stereocenters. The molecule has 4 N–H and O–H groups in total. The number of carbonyl (C=O) groups is 4. The summed E-state index contributed by atoms with van der Waals surface area (Å²) in [6.07, 6.45) is 9.87. The zero-order chi connectivity index (χ0) is 44.4. The van der Waals surface area contributed by atoms with Crippen LogP contribution in [0, 0.1) is 11.8 Å². The largest absolute Gasteiger partial charge is 0.390 e. The first-order chi connectivity index (χ1) is 30.2. The Morgan fingerprint density at radius 2 is 1.84 bits per heavy atom. The number of para-hydroxylation sites is 1. The number of aryl methyl sites for hydroxylation is 1. The SMILES string of the molecule is CN1C(=O)C(C2CCC(=O)NC2=O)c2cccc(CCCOC3CCN(C[C@H]4CC[C@H](n5cc(NC(=O)c6cnn7ccc(NCCC(C)(C)O)nc67)c(C(F)F)n5)CC4)CC3)c21. The Morgan fingerprint density at radius 1 is 1.06 bits per heavy atom. The van der Waals surface area contributed by atoms with Crippen LogP contribution < -0.4 is 20.9 Å². The van der Waals surface area contributed by atoms with E-state index < -0.39 is 35.5 Å². The number of piperidine rings is 2. The summed E-state index contributed by atoms with van der Waals surface area (Å²) in [5.74, 6) is -1.52. The lowest BCUT2D eigenvalue weighted by Crippen LogP contribution is -2.44. The van der Waals surface area contributed by atoms with E-state index in [-0.39, 0.29) is 53.2 Å². The number of ether oxygens (including phenoxy) is 1. The van der Waals surface area contributed by atoms with E-state index >= 15 is 0 Å². The lowest BCUT2D eigenvalue weighted by atomic mass is 9.81. The summed E-state index contributed by atoms with van der Waals surface area (Å²) in [6.45, 7) is 7.39. The van der Waals surface area contributed by atoms with Gasteiger partial charge in [0.25, 0.3) is 12.3 Å². The van der Waals surface area contributed by atoms with Gasteiger partial charge in [-0.3, -0.25) is 29.2 Å². The van der Waals surface area contributed by atoms with E-state index in [4.69, 9.17) is 4.74 Å². The van der Waals surface area contributed by atoms with Gasteiger partial charge in [0.1, 0.15) is 11.4 Å². The van der Waals surface area contributed by atoms with Crippen LogP contribution in [0.15, 0.2) is 42.9 Å². The van der Waals surface area contributed by atoms with Gasteiger partial charge in [-0.15, -0.1) is 0 Å². The first kappa shape index (κ1) is 44.3. The summed E-state index contributed by atoms with van der Waals surface area (Å²) < 4.78 is 37.9. The molecule has 0 radical (unpaired) electrons. The van der Waals surface area contributed by atoms with Gasteiger partial charge in [0.2, 0.25) is 17.7 Å². The first-order valence-electron chi connectivity index (χ1n) is 22.3. The molecule has 1 aromatic carbocycles. The zero-order valence-electron chi connectivity index (χ0n) is 36.2. The summed E-state index contributed by atoms with van der Waals surface area (Å²) in [4.78, 5) is 59.8. The van der Waals surface area contributed by atoms with Crippen molar-refractivity contribution in [2.75, 3.05) is 55.4 Å². The van der Waals surface area contributed by atoms with E-state index in [0.717, 1.165) is 87.8 Å². The average molecular weight is 873 g/mol. The smallest absolute Gasteiger partial charge is 0.284 e. The van der Waals surface area contributed by atoms with Gasteiger partial charge >= 0.3 is 0 Å². The third-order valence-corrected chi connectivity index (χ3v) is 13.2. The van der Waals surface area contributed by atoms with E-state index in [1.54, 1.807) is 42.7 Å². The van der Waals surface area contributed by atoms with Crippen LogP contribution in [0.4, 0.5) is 26.0 Å². The molecule has 3 aromatic heterocycles. The number of hydrogen-bond donors (Lipinski definition) is 4. The molecule has 63 heavy (non-hydrogen) atoms. The maximum Gasteiger partial charge on any atom is 0.284 e. The Balaban J connectivity index is 0.774. The van der Waals surface area contributed by atoms with Crippen LogP contribution in [0.2, 0.25) is 0 Å². The van der Waals surface area contributed by atoms with Crippen LogP contribution >= 0.6 is 0 Å². The number of aromatic nitrogens is 5. The number of halogens is 2. The molecular formula is C45H58F2N10O6. The number of fused-ring (bicyclic) bond motifs is 2. The molecule has 1 aliphatic carbocycles. The molecule has 6 heterocycles. The van der Waals surface area contributed by atoms with Gasteiger partial charge in [0.15, 0.2) is 11.3 Å². The third kappa shape index (κ3) is 10.1. The minimum Gasteiger partial charge on any atom is -0.390 e. The third-order valence-electron chi connectivity index (χ3n) is 13.2. The molecule has 16 nitrogen and oxygen atoms in total. The number of aliphatic hydroxyl groups is 1. The Labute approximate surface area is 365 Å². The molecule has 8 rings (SSSR count). The number of likely N-dealkylation sites (tertiary alicyclic amines) is 1. The van der Waals surface area contributed by atoms with Crippen molar-refractivity contribution in [3.63, 3.8) is 0 Å². The second kappa shape index (κ2) is 18.8. The van der Waals surface area contributed by atoms with E-state index in [9.17, 15) is 33.1 Å². The number of alkyl halides is 2. The van der Waals surface area contributed by atoms with Crippen molar-refractivity contribution in [2.24, 2.45) is 11.8 Å². The minimum absolute atomic E-state index is 0.0335. The summed E-state index contributed by atoms with van der Waals surface area (Å²) in [6, 6.07) is 7.56. The van der Waals surface area contributed by atoms with Crippen LogP contribution in [0.3, 0.4) is 0 Å². The molecule has 18 heteroatoms. The highest BCUT2D eigenvalue weighted by atomic mass is 19.3. The summed E-state index contributed by atoms with van der Waals surface area (Å²) in [5, 5.41) is 26.7. The van der Waals surface area contributed by atoms with Crippen molar-refractivity contribution in [1.82, 2.24) is 34.6 Å². The Kier molecular flexibility index (Phi) is 13.2. The number of benzene rings is 1. The molecule has 2 saturated heterocycles. The fourth-order valence-corrected chi connectivity index (χ4v) is 9.73. The normalized spacial score (nSPS) is 22.5. The highest BCUT2D eigenvalue weighted by Gasteiger charge is 2.45. The van der Waals surface area contributed by atoms with Crippen molar-refractivity contribution in [3.8, 4) is 0 Å². The maximum absolute atomic E-state index is 14.2.